The lowest BCUT2D eigenvalue weighted by molar-refractivity contribution is 0.0159. The lowest BCUT2D eigenvalue weighted by Gasteiger charge is -2.34. The Morgan fingerprint density at radius 1 is 1.15 bits per heavy atom. The molecule has 11 nitrogen and oxygen atoms in total. The van der Waals surface area contributed by atoms with Crippen molar-refractivity contribution in [3.8, 4) is 29.0 Å². The van der Waals surface area contributed by atoms with E-state index in [1.165, 1.54) is 51.5 Å². The van der Waals surface area contributed by atoms with Gasteiger partial charge in [-0.05, 0) is 71.4 Å². The second kappa shape index (κ2) is 11.5. The highest BCUT2D eigenvalue weighted by Gasteiger charge is 2.37. The van der Waals surface area contributed by atoms with E-state index in [1.807, 2.05) is 6.92 Å². The maximum Gasteiger partial charge on any atom is 0.410 e. The summed E-state index contributed by atoms with van der Waals surface area (Å²) in [5.41, 5.74) is 1.23. The lowest BCUT2D eigenvalue weighted by Crippen LogP contribution is -2.42. The Bertz CT molecular complexity index is 2170. The number of ether oxygens (including phenoxy) is 1. The number of aromatic nitrogens is 6. The molecule has 0 spiro atoms. The molecule has 0 fully saturated rings. The van der Waals surface area contributed by atoms with Crippen LogP contribution in [0.15, 0.2) is 47.7 Å². The van der Waals surface area contributed by atoms with Crippen molar-refractivity contribution in [1.29, 1.82) is 0 Å². The van der Waals surface area contributed by atoms with E-state index >= 15 is 8.78 Å². The molecule has 1 N–H and O–H groups in total. The molecule has 6 rings (SSSR count). The van der Waals surface area contributed by atoms with Crippen molar-refractivity contribution >= 4 is 17.0 Å². The van der Waals surface area contributed by atoms with Crippen LogP contribution < -0.4 is 5.69 Å². The molecule has 0 radical (unpaired) electrons. The van der Waals surface area contributed by atoms with Gasteiger partial charge in [-0.25, -0.2) is 23.1 Å². The minimum Gasteiger partial charge on any atom is -0.444 e. The van der Waals surface area contributed by atoms with Gasteiger partial charge in [0.05, 0.1) is 45.8 Å². The van der Waals surface area contributed by atoms with Crippen molar-refractivity contribution in [3.63, 3.8) is 0 Å². The number of rotatable bonds is 3. The number of hydrogen-bond acceptors (Lipinski definition) is 6. The molecule has 0 aliphatic carbocycles. The van der Waals surface area contributed by atoms with E-state index in [0.29, 0.717) is 41.2 Å². The number of amides is 1. The van der Waals surface area contributed by atoms with E-state index < -0.39 is 41.2 Å². The quantitative estimate of drug-likeness (QED) is 0.281. The molecule has 0 unspecified atom stereocenters. The smallest absolute Gasteiger partial charge is 0.410 e. The first kappa shape index (κ1) is 31.7. The molecule has 5 aromatic rings. The van der Waals surface area contributed by atoms with Crippen LogP contribution in [0.1, 0.15) is 63.0 Å². The third-order valence-electron chi connectivity index (χ3n) is 8.09. The maximum atomic E-state index is 15.7. The second-order valence-corrected chi connectivity index (χ2v) is 12.7. The number of imidazole rings is 1. The van der Waals surface area contributed by atoms with Gasteiger partial charge < -0.3 is 14.7 Å². The van der Waals surface area contributed by atoms with Gasteiger partial charge in [-0.1, -0.05) is 11.8 Å². The molecule has 0 saturated heterocycles. The zero-order valence-corrected chi connectivity index (χ0v) is 27.2. The normalized spacial score (nSPS) is 15.4. The second-order valence-electron chi connectivity index (χ2n) is 12.7. The number of carbonyl (C=O) groups is 1. The highest BCUT2D eigenvalue weighted by molar-refractivity contribution is 5.81. The third kappa shape index (κ3) is 5.59. The minimum atomic E-state index is -0.977. The van der Waals surface area contributed by atoms with Gasteiger partial charge in [-0.3, -0.25) is 13.8 Å². The highest BCUT2D eigenvalue weighted by Crippen LogP contribution is 2.36. The number of aliphatic hydroxyl groups excluding tert-OH is 1. The molecule has 1 aliphatic heterocycles. The molecule has 2 atom stereocenters. The van der Waals surface area contributed by atoms with E-state index in [0.717, 1.165) is 0 Å². The van der Waals surface area contributed by atoms with E-state index in [2.05, 4.69) is 16.9 Å². The van der Waals surface area contributed by atoms with E-state index in [1.54, 1.807) is 56.5 Å². The largest absolute Gasteiger partial charge is 0.444 e. The van der Waals surface area contributed by atoms with Crippen molar-refractivity contribution in [2.45, 2.75) is 65.7 Å². The first-order valence-corrected chi connectivity index (χ1v) is 15.2. The van der Waals surface area contributed by atoms with Crippen molar-refractivity contribution < 1.29 is 23.4 Å². The average molecular weight is 644 g/mol. The molecular weight excluding hydrogens is 608 g/mol. The predicted molar refractivity (Wildman–Crippen MR) is 171 cm³/mol. The van der Waals surface area contributed by atoms with Gasteiger partial charge in [0.1, 0.15) is 23.3 Å². The number of benzene rings is 2. The third-order valence-corrected chi connectivity index (χ3v) is 8.09. The first-order valence-electron chi connectivity index (χ1n) is 15.2. The first-order chi connectivity index (χ1) is 22.2. The molecule has 0 bridgehead atoms. The van der Waals surface area contributed by atoms with Crippen molar-refractivity contribution in [1.82, 2.24) is 33.6 Å². The topological polar surface area (TPSA) is 112 Å². The summed E-state index contributed by atoms with van der Waals surface area (Å²) in [6, 6.07) is 5.70. The van der Waals surface area contributed by atoms with Crippen LogP contribution in [0.4, 0.5) is 13.6 Å². The predicted octanol–water partition coefficient (Wildman–Crippen LogP) is 4.87. The number of carbonyl (C=O) groups excluding carboxylic acids is 1. The summed E-state index contributed by atoms with van der Waals surface area (Å²) in [6.45, 7) is 10.6. The van der Waals surface area contributed by atoms with Crippen LogP contribution in [-0.4, -0.2) is 63.0 Å². The van der Waals surface area contributed by atoms with Crippen LogP contribution in [0, 0.1) is 30.4 Å². The number of halogens is 2. The van der Waals surface area contributed by atoms with Crippen LogP contribution in [0.5, 0.6) is 0 Å². The fraction of sp³-hybridized carbons (Fsp3) is 0.353. The van der Waals surface area contributed by atoms with Gasteiger partial charge >= 0.3 is 11.8 Å². The molecule has 0 saturated carbocycles. The van der Waals surface area contributed by atoms with Gasteiger partial charge in [-0.2, -0.15) is 10.2 Å². The monoisotopic (exact) mass is 643 g/mol. The summed E-state index contributed by atoms with van der Waals surface area (Å²) in [7, 11) is 1.70. The molecule has 1 aliphatic rings. The number of aliphatic hydroxyl groups is 1. The zero-order chi connectivity index (χ0) is 33.9. The van der Waals surface area contributed by atoms with Crippen LogP contribution in [0.25, 0.3) is 28.1 Å². The number of hydrogen-bond donors (Lipinski definition) is 1. The Kier molecular flexibility index (Phi) is 7.80. The fourth-order valence-corrected chi connectivity index (χ4v) is 5.87. The molecule has 1 amide bonds. The molecular formula is C34H35F2N7O4. The van der Waals surface area contributed by atoms with E-state index in [-0.39, 0.29) is 22.2 Å². The summed E-state index contributed by atoms with van der Waals surface area (Å²) in [6.07, 6.45) is 3.24. The van der Waals surface area contributed by atoms with Crippen molar-refractivity contribution in [2.24, 2.45) is 7.05 Å². The Morgan fingerprint density at radius 2 is 1.87 bits per heavy atom. The van der Waals surface area contributed by atoms with Gasteiger partial charge in [0.15, 0.2) is 5.82 Å². The van der Waals surface area contributed by atoms with Gasteiger partial charge in [-0.15, -0.1) is 0 Å². The SMILES string of the molecule is Cc1cc(-n2nc3c(c2-n2ccn(-c4ccc5c(cnn5C)c4F)c2=O)[C@H](C)N(C(=O)OC(C)(C)C)CC3)cc(C#C[C@@H](C)O)c1F. The number of nitrogens with zero attached hydrogens (tertiary/aromatic N) is 7. The highest BCUT2D eigenvalue weighted by atomic mass is 19.1. The molecule has 2 aromatic carbocycles. The fourth-order valence-electron chi connectivity index (χ4n) is 5.87. The molecule has 47 heavy (non-hydrogen) atoms. The van der Waals surface area contributed by atoms with Gasteiger partial charge in [0, 0.05) is 38.0 Å². The molecule has 4 heterocycles. The van der Waals surface area contributed by atoms with Crippen LogP contribution >= 0.6 is 0 Å². The summed E-state index contributed by atoms with van der Waals surface area (Å²) in [4.78, 5) is 29.1. The van der Waals surface area contributed by atoms with Crippen molar-refractivity contribution in [2.75, 3.05) is 6.54 Å². The van der Waals surface area contributed by atoms with Crippen LogP contribution in [-0.2, 0) is 18.2 Å². The Balaban J connectivity index is 1.57. The molecule has 244 valence electrons. The summed E-state index contributed by atoms with van der Waals surface area (Å²) < 4.78 is 42.2. The number of fused-ring (bicyclic) bond motifs is 2. The van der Waals surface area contributed by atoms with Gasteiger partial charge in [0.2, 0.25) is 0 Å². The van der Waals surface area contributed by atoms with E-state index in [4.69, 9.17) is 9.84 Å². The minimum absolute atomic E-state index is 0.0333. The van der Waals surface area contributed by atoms with E-state index in [9.17, 15) is 14.7 Å². The standard InChI is InChI=1S/C34H35F2N7O4/c1-19-16-23(17-22(29(19)35)9-8-20(2)44)43-31(28-21(3)40(13-12-25(28)38-43)33(46)47-34(4,5)6)42-15-14-41(32(42)45)27-11-10-26-24(30(27)36)18-37-39(26)7/h10-11,14-18,20-21,44H,12-13H2,1-7H3/t20-,21+/m1/s1. The summed E-state index contributed by atoms with van der Waals surface area (Å²) >= 11 is 0. The summed E-state index contributed by atoms with van der Waals surface area (Å²) in [5, 5.41) is 19.0. The number of aryl methyl sites for hydroxylation is 2. The van der Waals surface area contributed by atoms with Crippen LogP contribution in [0.3, 0.4) is 0 Å². The lowest BCUT2D eigenvalue weighted by atomic mass is 9.99. The van der Waals surface area contributed by atoms with Crippen molar-refractivity contribution in [3.05, 3.63) is 87.4 Å². The Hall–Kier alpha value is -5.22. The van der Waals surface area contributed by atoms with Crippen LogP contribution in [0.2, 0.25) is 0 Å². The average Bonchev–Trinajstić information content (AvgIpc) is 3.68. The Morgan fingerprint density at radius 3 is 2.57 bits per heavy atom. The zero-order valence-electron chi connectivity index (χ0n) is 27.2. The maximum absolute atomic E-state index is 15.7. The Labute approximate surface area is 269 Å². The molecule has 3 aromatic heterocycles. The molecule has 13 heteroatoms. The summed E-state index contributed by atoms with van der Waals surface area (Å²) in [5.74, 6) is 4.41. The van der Waals surface area contributed by atoms with Gasteiger partial charge in [0.25, 0.3) is 0 Å².